The Morgan fingerprint density at radius 1 is 1.42 bits per heavy atom. The SMILES string of the molecule is CC(C)N(CCCC(=O)O)C(=O)c1cc(Br)c(Br)s1. The molecule has 0 saturated heterocycles. The lowest BCUT2D eigenvalue weighted by Gasteiger charge is -2.26. The smallest absolute Gasteiger partial charge is 0.303 e. The van der Waals surface area contributed by atoms with E-state index < -0.39 is 5.97 Å². The third-order valence-electron chi connectivity index (χ3n) is 2.53. The van der Waals surface area contributed by atoms with Gasteiger partial charge < -0.3 is 10.0 Å². The second-order valence-electron chi connectivity index (χ2n) is 4.32. The quantitative estimate of drug-likeness (QED) is 0.768. The summed E-state index contributed by atoms with van der Waals surface area (Å²) in [5.41, 5.74) is 0. The average molecular weight is 413 g/mol. The van der Waals surface area contributed by atoms with Gasteiger partial charge in [0, 0.05) is 23.5 Å². The first-order valence-corrected chi connectivity index (χ1v) is 8.20. The summed E-state index contributed by atoms with van der Waals surface area (Å²) in [6, 6.07) is 1.82. The number of amides is 1. The largest absolute Gasteiger partial charge is 0.481 e. The zero-order valence-electron chi connectivity index (χ0n) is 10.7. The highest BCUT2D eigenvalue weighted by atomic mass is 79.9. The number of carbonyl (C=O) groups excluding carboxylic acids is 1. The van der Waals surface area contributed by atoms with Gasteiger partial charge >= 0.3 is 5.97 Å². The Labute approximate surface area is 133 Å². The number of hydrogen-bond donors (Lipinski definition) is 1. The van der Waals surface area contributed by atoms with Gasteiger partial charge in [-0.2, -0.15) is 0 Å². The first-order chi connectivity index (χ1) is 8.82. The lowest BCUT2D eigenvalue weighted by molar-refractivity contribution is -0.137. The first kappa shape index (κ1) is 16.7. The molecular formula is C12H15Br2NO3S. The van der Waals surface area contributed by atoms with E-state index in [9.17, 15) is 9.59 Å². The van der Waals surface area contributed by atoms with E-state index in [1.54, 1.807) is 11.0 Å². The fourth-order valence-corrected chi connectivity index (χ4v) is 3.58. The summed E-state index contributed by atoms with van der Waals surface area (Å²) in [5.74, 6) is -0.894. The Bertz CT molecular complexity index is 454. The maximum absolute atomic E-state index is 12.4. The van der Waals surface area contributed by atoms with Gasteiger partial charge in [-0.3, -0.25) is 9.59 Å². The van der Waals surface area contributed by atoms with Crippen LogP contribution in [-0.4, -0.2) is 34.5 Å². The summed E-state index contributed by atoms with van der Waals surface area (Å²) >= 11 is 8.09. The van der Waals surface area contributed by atoms with E-state index in [1.807, 2.05) is 13.8 Å². The number of rotatable bonds is 6. The molecule has 0 fully saturated rings. The number of carboxylic acids is 1. The van der Waals surface area contributed by atoms with Crippen LogP contribution in [0.4, 0.5) is 0 Å². The van der Waals surface area contributed by atoms with Crippen molar-refractivity contribution >= 4 is 55.1 Å². The van der Waals surface area contributed by atoms with Crippen molar-refractivity contribution in [2.75, 3.05) is 6.54 Å². The van der Waals surface area contributed by atoms with E-state index in [0.29, 0.717) is 17.8 Å². The van der Waals surface area contributed by atoms with Crippen LogP contribution in [0.25, 0.3) is 0 Å². The van der Waals surface area contributed by atoms with Crippen molar-refractivity contribution in [3.63, 3.8) is 0 Å². The molecule has 7 heteroatoms. The van der Waals surface area contributed by atoms with Gasteiger partial charge in [0.15, 0.2) is 0 Å². The molecule has 1 N–H and O–H groups in total. The molecule has 0 aromatic carbocycles. The molecule has 0 radical (unpaired) electrons. The molecule has 4 nitrogen and oxygen atoms in total. The molecule has 0 aliphatic heterocycles. The zero-order valence-corrected chi connectivity index (χ0v) is 14.6. The van der Waals surface area contributed by atoms with Crippen LogP contribution in [0.2, 0.25) is 0 Å². The van der Waals surface area contributed by atoms with Gasteiger partial charge in [0.25, 0.3) is 5.91 Å². The summed E-state index contributed by atoms with van der Waals surface area (Å²) in [6.07, 6.45) is 0.543. The fourth-order valence-electron chi connectivity index (χ4n) is 1.59. The molecule has 0 aliphatic carbocycles. The number of halogens is 2. The van der Waals surface area contributed by atoms with E-state index in [0.717, 1.165) is 8.26 Å². The third kappa shape index (κ3) is 4.89. The Kier molecular flexibility index (Phi) is 6.49. The highest BCUT2D eigenvalue weighted by Crippen LogP contribution is 2.33. The average Bonchev–Trinajstić information content (AvgIpc) is 2.63. The standard InChI is InChI=1S/C12H15Br2NO3S/c1-7(2)15(5-3-4-10(16)17)12(18)9-6-8(13)11(14)19-9/h6-7H,3-5H2,1-2H3,(H,16,17). The Hall–Kier alpha value is -0.400. The van der Waals surface area contributed by atoms with E-state index in [2.05, 4.69) is 31.9 Å². The number of aliphatic carboxylic acids is 1. The van der Waals surface area contributed by atoms with Crippen LogP contribution in [0.3, 0.4) is 0 Å². The van der Waals surface area contributed by atoms with Gasteiger partial charge in [-0.1, -0.05) is 0 Å². The highest BCUT2D eigenvalue weighted by Gasteiger charge is 2.21. The Morgan fingerprint density at radius 3 is 2.47 bits per heavy atom. The van der Waals surface area contributed by atoms with Gasteiger partial charge in [0.2, 0.25) is 0 Å². The van der Waals surface area contributed by atoms with Crippen molar-refractivity contribution < 1.29 is 14.7 Å². The van der Waals surface area contributed by atoms with E-state index in [1.165, 1.54) is 11.3 Å². The summed E-state index contributed by atoms with van der Waals surface area (Å²) in [6.45, 7) is 4.31. The maximum Gasteiger partial charge on any atom is 0.303 e. The van der Waals surface area contributed by atoms with E-state index in [-0.39, 0.29) is 18.4 Å². The van der Waals surface area contributed by atoms with Crippen molar-refractivity contribution in [2.45, 2.75) is 32.7 Å². The normalized spacial score (nSPS) is 10.8. The van der Waals surface area contributed by atoms with Gasteiger partial charge in [0.05, 0.1) is 8.66 Å². The van der Waals surface area contributed by atoms with Crippen LogP contribution in [-0.2, 0) is 4.79 Å². The van der Waals surface area contributed by atoms with Crippen molar-refractivity contribution in [3.05, 3.63) is 19.2 Å². The Balaban J connectivity index is 2.75. The highest BCUT2D eigenvalue weighted by molar-refractivity contribution is 9.13. The molecule has 1 heterocycles. The molecule has 0 atom stereocenters. The number of thiophene rings is 1. The molecule has 1 rings (SSSR count). The first-order valence-electron chi connectivity index (χ1n) is 5.80. The maximum atomic E-state index is 12.4. The van der Waals surface area contributed by atoms with Crippen LogP contribution < -0.4 is 0 Å². The number of carboxylic acid groups (broad SMARTS) is 1. The molecule has 0 bridgehead atoms. The second-order valence-corrected chi connectivity index (χ2v) is 7.55. The molecule has 0 spiro atoms. The minimum atomic E-state index is -0.835. The molecule has 1 aromatic rings. The van der Waals surface area contributed by atoms with Gasteiger partial charge in [-0.05, 0) is 58.2 Å². The number of hydrogen-bond acceptors (Lipinski definition) is 3. The van der Waals surface area contributed by atoms with E-state index >= 15 is 0 Å². The van der Waals surface area contributed by atoms with Crippen molar-refractivity contribution in [1.82, 2.24) is 4.90 Å². The van der Waals surface area contributed by atoms with E-state index in [4.69, 9.17) is 5.11 Å². The van der Waals surface area contributed by atoms with Crippen LogP contribution >= 0.6 is 43.2 Å². The second kappa shape index (κ2) is 7.40. The van der Waals surface area contributed by atoms with Gasteiger partial charge in [-0.15, -0.1) is 11.3 Å². The minimum Gasteiger partial charge on any atom is -0.481 e. The predicted octanol–water partition coefficient (Wildman–Crippen LogP) is 3.99. The minimum absolute atomic E-state index is 0.0425. The summed E-state index contributed by atoms with van der Waals surface area (Å²) in [5, 5.41) is 8.65. The molecule has 1 amide bonds. The lowest BCUT2D eigenvalue weighted by atomic mass is 10.2. The molecule has 19 heavy (non-hydrogen) atoms. The van der Waals surface area contributed by atoms with Crippen LogP contribution in [0.5, 0.6) is 0 Å². The lowest BCUT2D eigenvalue weighted by Crippen LogP contribution is -2.37. The van der Waals surface area contributed by atoms with Crippen molar-refractivity contribution in [2.24, 2.45) is 0 Å². The molecule has 106 valence electrons. The van der Waals surface area contributed by atoms with Crippen molar-refractivity contribution in [1.29, 1.82) is 0 Å². The monoisotopic (exact) mass is 411 g/mol. The predicted molar refractivity (Wildman–Crippen MR) is 82.8 cm³/mol. The molecule has 0 unspecified atom stereocenters. The van der Waals surface area contributed by atoms with Crippen LogP contribution in [0.1, 0.15) is 36.4 Å². The Morgan fingerprint density at radius 2 is 2.05 bits per heavy atom. The topological polar surface area (TPSA) is 57.6 Å². The summed E-state index contributed by atoms with van der Waals surface area (Å²) < 4.78 is 1.74. The zero-order chi connectivity index (χ0) is 14.6. The number of nitrogens with zero attached hydrogens (tertiary/aromatic N) is 1. The molecular weight excluding hydrogens is 398 g/mol. The summed E-state index contributed by atoms with van der Waals surface area (Å²) in [7, 11) is 0. The van der Waals surface area contributed by atoms with Crippen molar-refractivity contribution in [3.8, 4) is 0 Å². The van der Waals surface area contributed by atoms with Gasteiger partial charge in [-0.25, -0.2) is 0 Å². The summed E-state index contributed by atoms with van der Waals surface area (Å²) in [4.78, 5) is 25.2. The third-order valence-corrected chi connectivity index (χ3v) is 5.77. The fraction of sp³-hybridized carbons (Fsp3) is 0.500. The van der Waals surface area contributed by atoms with Crippen LogP contribution in [0.15, 0.2) is 14.3 Å². The molecule has 1 aromatic heterocycles. The number of carbonyl (C=O) groups is 2. The molecule has 0 saturated carbocycles. The van der Waals surface area contributed by atoms with Crippen LogP contribution in [0, 0.1) is 0 Å². The van der Waals surface area contributed by atoms with Gasteiger partial charge in [0.1, 0.15) is 0 Å². The molecule has 0 aliphatic rings.